The molecule has 0 saturated carbocycles. The molecule has 0 saturated heterocycles. The Labute approximate surface area is 69.9 Å². The van der Waals surface area contributed by atoms with Crippen molar-refractivity contribution >= 4 is 0 Å². The Bertz CT molecular complexity index is 56.6. The summed E-state index contributed by atoms with van der Waals surface area (Å²) in [6.07, 6.45) is 4.19. The molecule has 0 unspecified atom stereocenters. The Kier molecular flexibility index (Phi) is 9.85. The zero-order valence-electron chi connectivity index (χ0n) is 7.64. The van der Waals surface area contributed by atoms with Crippen molar-refractivity contribution in [3.63, 3.8) is 0 Å². The standard InChI is InChI=1S/C9H19O2/c1-3-6-10-8-5-9-11-7-4-2/h5H,3-4,6-9H2,1-2H3. The van der Waals surface area contributed by atoms with Crippen LogP contribution in [-0.2, 0) is 9.47 Å². The minimum absolute atomic E-state index is 0.720. The molecule has 0 N–H and O–H groups in total. The predicted octanol–water partition coefficient (Wildman–Crippen LogP) is 2.04. The van der Waals surface area contributed by atoms with Crippen LogP contribution in [0.5, 0.6) is 0 Å². The third-order valence-corrected chi connectivity index (χ3v) is 1.17. The minimum atomic E-state index is 0.720. The minimum Gasteiger partial charge on any atom is -0.381 e. The molecule has 0 aromatic carbocycles. The summed E-state index contributed by atoms with van der Waals surface area (Å²) < 4.78 is 10.5. The molecule has 2 heteroatoms. The van der Waals surface area contributed by atoms with Gasteiger partial charge in [0, 0.05) is 19.6 Å². The largest absolute Gasteiger partial charge is 0.381 e. The van der Waals surface area contributed by atoms with Crippen LogP contribution in [0.3, 0.4) is 0 Å². The van der Waals surface area contributed by atoms with Crippen LogP contribution in [0, 0.1) is 6.42 Å². The Morgan fingerprint density at radius 3 is 1.73 bits per heavy atom. The van der Waals surface area contributed by atoms with Crippen molar-refractivity contribution in [1.82, 2.24) is 0 Å². The van der Waals surface area contributed by atoms with E-state index in [1.807, 2.05) is 6.42 Å². The van der Waals surface area contributed by atoms with E-state index in [1.165, 1.54) is 0 Å². The second-order valence-electron chi connectivity index (χ2n) is 2.44. The van der Waals surface area contributed by atoms with Crippen molar-refractivity contribution in [3.8, 4) is 0 Å². The van der Waals surface area contributed by atoms with Gasteiger partial charge in [0.1, 0.15) is 0 Å². The second kappa shape index (κ2) is 9.92. The molecule has 0 aromatic rings. The fraction of sp³-hybridized carbons (Fsp3) is 0.889. The molecule has 0 aromatic heterocycles. The SMILES string of the molecule is CCCOC[CH]COCCC. The molecule has 0 aliphatic heterocycles. The van der Waals surface area contributed by atoms with E-state index in [0.29, 0.717) is 0 Å². The molecular weight excluding hydrogens is 140 g/mol. The lowest BCUT2D eigenvalue weighted by Gasteiger charge is -2.02. The van der Waals surface area contributed by atoms with E-state index in [2.05, 4.69) is 13.8 Å². The predicted molar refractivity (Wildman–Crippen MR) is 46.5 cm³/mol. The highest BCUT2D eigenvalue weighted by Gasteiger charge is 1.88. The van der Waals surface area contributed by atoms with Crippen LogP contribution in [0.1, 0.15) is 26.7 Å². The first-order valence-corrected chi connectivity index (χ1v) is 4.39. The lowest BCUT2D eigenvalue weighted by Crippen LogP contribution is -2.02. The van der Waals surface area contributed by atoms with E-state index in [-0.39, 0.29) is 0 Å². The van der Waals surface area contributed by atoms with Crippen LogP contribution >= 0.6 is 0 Å². The molecule has 0 aliphatic carbocycles. The number of hydrogen-bond donors (Lipinski definition) is 0. The first-order valence-electron chi connectivity index (χ1n) is 4.39. The Morgan fingerprint density at radius 1 is 0.909 bits per heavy atom. The van der Waals surface area contributed by atoms with Crippen molar-refractivity contribution < 1.29 is 9.47 Å². The Hall–Kier alpha value is -0.0800. The molecule has 2 nitrogen and oxygen atoms in total. The van der Waals surface area contributed by atoms with Crippen LogP contribution in [0.15, 0.2) is 0 Å². The number of rotatable bonds is 8. The van der Waals surface area contributed by atoms with Crippen LogP contribution in [-0.4, -0.2) is 26.4 Å². The second-order valence-corrected chi connectivity index (χ2v) is 2.44. The molecular formula is C9H19O2. The molecule has 0 fully saturated rings. The van der Waals surface area contributed by atoms with E-state index in [0.717, 1.165) is 39.3 Å². The maximum Gasteiger partial charge on any atom is 0.0520 e. The van der Waals surface area contributed by atoms with Gasteiger partial charge in [0.25, 0.3) is 0 Å². The summed E-state index contributed by atoms with van der Waals surface area (Å²) in [5.41, 5.74) is 0. The molecule has 0 rings (SSSR count). The molecule has 0 atom stereocenters. The highest BCUT2D eigenvalue weighted by molar-refractivity contribution is 4.60. The summed E-state index contributed by atoms with van der Waals surface area (Å²) in [6, 6.07) is 0. The zero-order valence-corrected chi connectivity index (χ0v) is 7.64. The fourth-order valence-electron chi connectivity index (χ4n) is 0.670. The van der Waals surface area contributed by atoms with Gasteiger partial charge >= 0.3 is 0 Å². The van der Waals surface area contributed by atoms with Crippen molar-refractivity contribution in [3.05, 3.63) is 6.42 Å². The van der Waals surface area contributed by atoms with Crippen LogP contribution < -0.4 is 0 Å². The van der Waals surface area contributed by atoms with Crippen LogP contribution in [0.25, 0.3) is 0 Å². The molecule has 0 spiro atoms. The van der Waals surface area contributed by atoms with Gasteiger partial charge in [-0.3, -0.25) is 0 Å². The van der Waals surface area contributed by atoms with Crippen LogP contribution in [0.2, 0.25) is 0 Å². The summed E-state index contributed by atoms with van der Waals surface area (Å²) in [7, 11) is 0. The lowest BCUT2D eigenvalue weighted by molar-refractivity contribution is 0.116. The van der Waals surface area contributed by atoms with Gasteiger partial charge in [-0.1, -0.05) is 13.8 Å². The first kappa shape index (κ1) is 10.9. The number of hydrogen-bond acceptors (Lipinski definition) is 2. The number of ether oxygens (including phenoxy) is 2. The summed E-state index contributed by atoms with van der Waals surface area (Å²) in [6.45, 7) is 7.35. The average molecular weight is 159 g/mol. The monoisotopic (exact) mass is 159 g/mol. The van der Waals surface area contributed by atoms with E-state index >= 15 is 0 Å². The molecule has 1 radical (unpaired) electrons. The maximum atomic E-state index is 5.23. The zero-order chi connectivity index (χ0) is 8.36. The van der Waals surface area contributed by atoms with Crippen molar-refractivity contribution in [2.45, 2.75) is 26.7 Å². The first-order chi connectivity index (χ1) is 5.41. The summed E-state index contributed by atoms with van der Waals surface area (Å²) in [4.78, 5) is 0. The Morgan fingerprint density at radius 2 is 1.36 bits per heavy atom. The van der Waals surface area contributed by atoms with Crippen molar-refractivity contribution in [2.24, 2.45) is 0 Å². The molecule has 67 valence electrons. The molecule has 0 aliphatic rings. The van der Waals surface area contributed by atoms with Gasteiger partial charge in [-0.25, -0.2) is 0 Å². The third-order valence-electron chi connectivity index (χ3n) is 1.17. The molecule has 0 bridgehead atoms. The topological polar surface area (TPSA) is 18.5 Å². The lowest BCUT2D eigenvalue weighted by atomic mass is 10.4. The van der Waals surface area contributed by atoms with E-state index < -0.39 is 0 Å². The van der Waals surface area contributed by atoms with Crippen LogP contribution in [0.4, 0.5) is 0 Å². The Balaban J connectivity index is 2.69. The summed E-state index contributed by atoms with van der Waals surface area (Å²) >= 11 is 0. The normalized spacial score (nSPS) is 10.4. The average Bonchev–Trinajstić information content (AvgIpc) is 2.03. The van der Waals surface area contributed by atoms with Crippen molar-refractivity contribution in [2.75, 3.05) is 26.4 Å². The highest BCUT2D eigenvalue weighted by atomic mass is 16.5. The summed E-state index contributed by atoms with van der Waals surface area (Å²) in [5.74, 6) is 0. The maximum absolute atomic E-state index is 5.23. The van der Waals surface area contributed by atoms with Gasteiger partial charge in [-0.15, -0.1) is 0 Å². The smallest absolute Gasteiger partial charge is 0.0520 e. The van der Waals surface area contributed by atoms with Gasteiger partial charge in [0.05, 0.1) is 13.2 Å². The van der Waals surface area contributed by atoms with Gasteiger partial charge in [0.2, 0.25) is 0 Å². The highest BCUT2D eigenvalue weighted by Crippen LogP contribution is 1.86. The van der Waals surface area contributed by atoms with Gasteiger partial charge in [-0.2, -0.15) is 0 Å². The quantitative estimate of drug-likeness (QED) is 0.505. The molecule has 0 heterocycles. The van der Waals surface area contributed by atoms with E-state index in [9.17, 15) is 0 Å². The third kappa shape index (κ3) is 9.92. The summed E-state index contributed by atoms with van der Waals surface area (Å²) in [5, 5.41) is 0. The van der Waals surface area contributed by atoms with E-state index in [1.54, 1.807) is 0 Å². The van der Waals surface area contributed by atoms with E-state index in [4.69, 9.17) is 9.47 Å². The van der Waals surface area contributed by atoms with Crippen molar-refractivity contribution in [1.29, 1.82) is 0 Å². The van der Waals surface area contributed by atoms with Gasteiger partial charge in [-0.05, 0) is 12.8 Å². The fourth-order valence-corrected chi connectivity index (χ4v) is 0.670. The molecule has 0 amide bonds. The van der Waals surface area contributed by atoms with Gasteiger partial charge < -0.3 is 9.47 Å². The molecule has 11 heavy (non-hydrogen) atoms. The van der Waals surface area contributed by atoms with Gasteiger partial charge in [0.15, 0.2) is 0 Å².